The molecule has 2 aromatic rings. The van der Waals surface area contributed by atoms with Gasteiger partial charge >= 0.3 is 11.9 Å². The van der Waals surface area contributed by atoms with Gasteiger partial charge in [0.25, 0.3) is 0 Å². The van der Waals surface area contributed by atoms with Crippen LogP contribution in [0.25, 0.3) is 0 Å². The van der Waals surface area contributed by atoms with Crippen molar-refractivity contribution in [1.82, 2.24) is 0 Å². The zero-order valence-electron chi connectivity index (χ0n) is 9.84. The van der Waals surface area contributed by atoms with E-state index in [2.05, 4.69) is 0 Å². The van der Waals surface area contributed by atoms with E-state index in [0.29, 0.717) is 15.6 Å². The second-order valence-corrected chi connectivity index (χ2v) is 4.55. The molecule has 0 saturated heterocycles. The molecular weight excluding hydrogens is 309 g/mol. The van der Waals surface area contributed by atoms with Gasteiger partial charge in [-0.25, -0.2) is 4.79 Å². The number of rotatable bonds is 4. The lowest BCUT2D eigenvalue weighted by molar-refractivity contribution is -0.402. The second kappa shape index (κ2) is 5.94. The first-order valence-corrected chi connectivity index (χ1v) is 6.08. The third kappa shape index (κ3) is 3.28. The van der Waals surface area contributed by atoms with Crippen LogP contribution in [0.4, 0.5) is 5.88 Å². The minimum absolute atomic E-state index is 0.0939. The Bertz CT molecular complexity index is 668. The number of benzene rings is 1. The van der Waals surface area contributed by atoms with Gasteiger partial charge in [0.2, 0.25) is 5.76 Å². The molecule has 20 heavy (non-hydrogen) atoms. The van der Waals surface area contributed by atoms with Gasteiger partial charge in [-0.3, -0.25) is 10.1 Å². The van der Waals surface area contributed by atoms with Gasteiger partial charge in [0.15, 0.2) is 0 Å². The average molecular weight is 316 g/mol. The fraction of sp³-hybridized carbons (Fsp3) is 0.0833. The van der Waals surface area contributed by atoms with Crippen molar-refractivity contribution >= 4 is 35.1 Å². The van der Waals surface area contributed by atoms with Crippen LogP contribution < -0.4 is 0 Å². The predicted octanol–water partition coefficient (Wildman–Crippen LogP) is 3.85. The van der Waals surface area contributed by atoms with E-state index in [1.54, 1.807) is 12.1 Å². The van der Waals surface area contributed by atoms with Crippen LogP contribution in [0, 0.1) is 10.1 Å². The SMILES string of the molecule is O=C(OCc1ccc(Cl)cc1Cl)c1ccc([N+](=O)[O-])o1. The molecule has 0 unspecified atom stereocenters. The quantitative estimate of drug-likeness (QED) is 0.486. The Labute approximate surface area is 123 Å². The summed E-state index contributed by atoms with van der Waals surface area (Å²) in [7, 11) is 0. The fourth-order valence-corrected chi connectivity index (χ4v) is 1.85. The Kier molecular flexibility index (Phi) is 4.26. The maximum absolute atomic E-state index is 11.6. The van der Waals surface area contributed by atoms with E-state index < -0.39 is 16.8 Å². The van der Waals surface area contributed by atoms with E-state index in [9.17, 15) is 14.9 Å². The minimum Gasteiger partial charge on any atom is -0.455 e. The monoisotopic (exact) mass is 315 g/mol. The van der Waals surface area contributed by atoms with Crippen LogP contribution in [0.3, 0.4) is 0 Å². The van der Waals surface area contributed by atoms with Crippen molar-refractivity contribution < 1.29 is 18.9 Å². The highest BCUT2D eigenvalue weighted by atomic mass is 35.5. The summed E-state index contributed by atoms with van der Waals surface area (Å²) in [6, 6.07) is 6.98. The molecule has 0 aliphatic carbocycles. The van der Waals surface area contributed by atoms with Crippen molar-refractivity contribution in [3.05, 3.63) is 61.8 Å². The lowest BCUT2D eigenvalue weighted by atomic mass is 10.2. The first kappa shape index (κ1) is 14.4. The van der Waals surface area contributed by atoms with Crippen LogP contribution in [-0.2, 0) is 11.3 Å². The number of carbonyl (C=O) groups is 1. The summed E-state index contributed by atoms with van der Waals surface area (Å²) in [4.78, 5) is 21.3. The molecule has 0 atom stereocenters. The number of nitrogens with zero attached hydrogens (tertiary/aromatic N) is 1. The number of halogens is 2. The van der Waals surface area contributed by atoms with Crippen molar-refractivity contribution in [2.45, 2.75) is 6.61 Å². The zero-order chi connectivity index (χ0) is 14.7. The highest BCUT2D eigenvalue weighted by molar-refractivity contribution is 6.35. The number of hydrogen-bond acceptors (Lipinski definition) is 5. The lowest BCUT2D eigenvalue weighted by Crippen LogP contribution is -2.04. The fourth-order valence-electron chi connectivity index (χ4n) is 1.39. The van der Waals surface area contributed by atoms with Gasteiger partial charge in [-0.15, -0.1) is 0 Å². The summed E-state index contributed by atoms with van der Waals surface area (Å²) in [5, 5.41) is 11.2. The van der Waals surface area contributed by atoms with Crippen molar-refractivity contribution in [3.8, 4) is 0 Å². The Morgan fingerprint density at radius 2 is 2.05 bits per heavy atom. The van der Waals surface area contributed by atoms with Crippen molar-refractivity contribution in [3.63, 3.8) is 0 Å². The summed E-state index contributed by atoms with van der Waals surface area (Å²) in [6.07, 6.45) is 0. The molecule has 0 N–H and O–H groups in total. The summed E-state index contributed by atoms with van der Waals surface area (Å²) in [5.41, 5.74) is 0.561. The number of nitro groups is 1. The number of furan rings is 1. The Morgan fingerprint density at radius 3 is 2.65 bits per heavy atom. The smallest absolute Gasteiger partial charge is 0.433 e. The average Bonchev–Trinajstić information content (AvgIpc) is 2.87. The molecule has 0 aliphatic rings. The molecule has 0 amide bonds. The van der Waals surface area contributed by atoms with Crippen molar-refractivity contribution in [1.29, 1.82) is 0 Å². The molecule has 1 aromatic heterocycles. The van der Waals surface area contributed by atoms with E-state index in [4.69, 9.17) is 32.4 Å². The molecule has 0 bridgehead atoms. The highest BCUT2D eigenvalue weighted by Crippen LogP contribution is 2.22. The van der Waals surface area contributed by atoms with E-state index in [0.717, 1.165) is 6.07 Å². The summed E-state index contributed by atoms with van der Waals surface area (Å²) >= 11 is 11.7. The van der Waals surface area contributed by atoms with E-state index in [1.165, 1.54) is 12.1 Å². The summed E-state index contributed by atoms with van der Waals surface area (Å²) in [5.74, 6) is -1.59. The summed E-state index contributed by atoms with van der Waals surface area (Å²) < 4.78 is 9.66. The molecule has 1 aromatic carbocycles. The molecule has 0 saturated carbocycles. The van der Waals surface area contributed by atoms with Crippen molar-refractivity contribution in [2.75, 3.05) is 0 Å². The summed E-state index contributed by atoms with van der Waals surface area (Å²) in [6.45, 7) is -0.0939. The molecule has 0 aliphatic heterocycles. The van der Waals surface area contributed by atoms with Crippen LogP contribution in [-0.4, -0.2) is 10.9 Å². The second-order valence-electron chi connectivity index (χ2n) is 3.71. The van der Waals surface area contributed by atoms with E-state index in [-0.39, 0.29) is 12.4 Å². The van der Waals surface area contributed by atoms with Gasteiger partial charge in [-0.1, -0.05) is 29.3 Å². The van der Waals surface area contributed by atoms with Gasteiger partial charge in [0.05, 0.1) is 6.07 Å². The molecule has 0 spiro atoms. The van der Waals surface area contributed by atoms with Crippen LogP contribution in [0.1, 0.15) is 16.1 Å². The predicted molar refractivity (Wildman–Crippen MR) is 70.9 cm³/mol. The van der Waals surface area contributed by atoms with Gasteiger partial charge in [0, 0.05) is 15.6 Å². The largest absolute Gasteiger partial charge is 0.455 e. The highest BCUT2D eigenvalue weighted by Gasteiger charge is 2.18. The maximum atomic E-state index is 11.6. The number of hydrogen-bond donors (Lipinski definition) is 0. The number of esters is 1. The third-order valence-electron chi connectivity index (χ3n) is 2.35. The molecule has 6 nitrogen and oxygen atoms in total. The Morgan fingerprint density at radius 1 is 1.30 bits per heavy atom. The van der Waals surface area contributed by atoms with Gasteiger partial charge in [-0.05, 0) is 18.2 Å². The minimum atomic E-state index is -0.816. The first-order valence-electron chi connectivity index (χ1n) is 5.32. The Balaban J connectivity index is 2.02. The third-order valence-corrected chi connectivity index (χ3v) is 2.93. The molecular formula is C12H7Cl2NO5. The zero-order valence-corrected chi connectivity index (χ0v) is 11.4. The van der Waals surface area contributed by atoms with Gasteiger partial charge in [-0.2, -0.15) is 0 Å². The van der Waals surface area contributed by atoms with E-state index in [1.807, 2.05) is 0 Å². The normalized spacial score (nSPS) is 10.3. The standard InChI is InChI=1S/C12H7Cl2NO5/c13-8-2-1-7(9(14)5-8)6-19-12(16)10-3-4-11(20-10)15(17)18/h1-5H,6H2. The van der Waals surface area contributed by atoms with Gasteiger partial charge in [0.1, 0.15) is 11.5 Å². The molecule has 8 heteroatoms. The van der Waals surface area contributed by atoms with Crippen LogP contribution in [0.2, 0.25) is 10.0 Å². The Hall–Kier alpha value is -2.05. The maximum Gasteiger partial charge on any atom is 0.433 e. The molecule has 2 rings (SSSR count). The number of ether oxygens (including phenoxy) is 1. The molecule has 104 valence electrons. The van der Waals surface area contributed by atoms with Crippen LogP contribution in [0.5, 0.6) is 0 Å². The van der Waals surface area contributed by atoms with E-state index >= 15 is 0 Å². The van der Waals surface area contributed by atoms with Crippen molar-refractivity contribution in [2.24, 2.45) is 0 Å². The molecule has 0 radical (unpaired) electrons. The lowest BCUT2D eigenvalue weighted by Gasteiger charge is -2.05. The van der Waals surface area contributed by atoms with Crippen LogP contribution >= 0.6 is 23.2 Å². The molecule has 1 heterocycles. The van der Waals surface area contributed by atoms with Crippen LogP contribution in [0.15, 0.2) is 34.7 Å². The topological polar surface area (TPSA) is 82.6 Å². The molecule has 0 fully saturated rings. The number of carbonyl (C=O) groups excluding carboxylic acids is 1. The van der Waals surface area contributed by atoms with Gasteiger partial charge < -0.3 is 9.15 Å². The first-order chi connectivity index (χ1) is 9.47.